The SMILES string of the molecule is Cc1cc(C)cc(Nc2ncc3c(n2)-c2sc(CN4CCNCC4)nc2CC3)c1. The number of aryl methyl sites for hydroxylation is 4. The van der Waals surface area contributed by atoms with Crippen LogP contribution in [0.4, 0.5) is 11.6 Å². The van der Waals surface area contributed by atoms with Gasteiger partial charge in [-0.1, -0.05) is 6.07 Å². The van der Waals surface area contributed by atoms with Gasteiger partial charge < -0.3 is 10.6 Å². The summed E-state index contributed by atoms with van der Waals surface area (Å²) in [6.45, 7) is 9.46. The van der Waals surface area contributed by atoms with Gasteiger partial charge in [-0.25, -0.2) is 15.0 Å². The van der Waals surface area contributed by atoms with Crippen LogP contribution in [-0.4, -0.2) is 46.0 Å². The molecule has 0 spiro atoms. The lowest BCUT2D eigenvalue weighted by atomic mass is 10.00. The van der Waals surface area contributed by atoms with Crippen LogP contribution in [0.3, 0.4) is 0 Å². The Morgan fingerprint density at radius 1 is 1.07 bits per heavy atom. The summed E-state index contributed by atoms with van der Waals surface area (Å²) < 4.78 is 0. The molecule has 150 valence electrons. The van der Waals surface area contributed by atoms with Gasteiger partial charge >= 0.3 is 0 Å². The van der Waals surface area contributed by atoms with Crippen LogP contribution in [-0.2, 0) is 19.4 Å². The second-order valence-corrected chi connectivity index (χ2v) is 9.06. The lowest BCUT2D eigenvalue weighted by Crippen LogP contribution is -2.42. The molecule has 2 aromatic heterocycles. The average Bonchev–Trinajstić information content (AvgIpc) is 3.11. The van der Waals surface area contributed by atoms with Crippen molar-refractivity contribution in [2.75, 3.05) is 31.5 Å². The summed E-state index contributed by atoms with van der Waals surface area (Å²) in [4.78, 5) is 18.1. The summed E-state index contributed by atoms with van der Waals surface area (Å²) in [5, 5.41) is 8.00. The first-order chi connectivity index (χ1) is 14.1. The third-order valence-electron chi connectivity index (χ3n) is 5.50. The van der Waals surface area contributed by atoms with Crippen molar-refractivity contribution in [3.05, 3.63) is 51.8 Å². The molecular weight excluding hydrogens is 380 g/mol. The molecule has 0 saturated carbocycles. The molecule has 0 atom stereocenters. The maximum absolute atomic E-state index is 4.96. The first-order valence-corrected chi connectivity index (χ1v) is 11.1. The Kier molecular flexibility index (Phi) is 5.03. The van der Waals surface area contributed by atoms with Gasteiger partial charge in [-0.15, -0.1) is 11.3 Å². The van der Waals surface area contributed by atoms with Gasteiger partial charge in [0.15, 0.2) is 0 Å². The van der Waals surface area contributed by atoms with Gasteiger partial charge in [0, 0.05) is 38.1 Å². The van der Waals surface area contributed by atoms with Gasteiger partial charge in [0.05, 0.1) is 22.8 Å². The lowest BCUT2D eigenvalue weighted by molar-refractivity contribution is 0.233. The van der Waals surface area contributed by atoms with E-state index in [0.29, 0.717) is 5.95 Å². The number of anilines is 2. The van der Waals surface area contributed by atoms with Gasteiger partial charge in [-0.3, -0.25) is 4.90 Å². The maximum atomic E-state index is 4.96. The van der Waals surface area contributed by atoms with Gasteiger partial charge in [0.25, 0.3) is 0 Å². The quantitative estimate of drug-likeness (QED) is 0.692. The Balaban J connectivity index is 1.41. The summed E-state index contributed by atoms with van der Waals surface area (Å²) in [7, 11) is 0. The Hall–Kier alpha value is -2.35. The highest BCUT2D eigenvalue weighted by atomic mass is 32.1. The zero-order chi connectivity index (χ0) is 19.8. The van der Waals surface area contributed by atoms with Gasteiger partial charge in [-0.05, 0) is 55.5 Å². The molecule has 3 heterocycles. The number of nitrogens with one attached hydrogen (secondary N) is 2. The fraction of sp³-hybridized carbons (Fsp3) is 0.409. The lowest BCUT2D eigenvalue weighted by Gasteiger charge is -2.26. The van der Waals surface area contributed by atoms with E-state index in [4.69, 9.17) is 9.97 Å². The molecule has 1 aliphatic carbocycles. The minimum absolute atomic E-state index is 0.652. The zero-order valence-electron chi connectivity index (χ0n) is 17.0. The molecule has 2 aliphatic rings. The fourth-order valence-corrected chi connectivity index (χ4v) is 5.34. The summed E-state index contributed by atoms with van der Waals surface area (Å²) in [5.41, 5.74) is 6.96. The Morgan fingerprint density at radius 3 is 2.66 bits per heavy atom. The number of rotatable bonds is 4. The number of aromatic nitrogens is 3. The molecule has 0 bridgehead atoms. The van der Waals surface area contributed by atoms with Crippen molar-refractivity contribution in [3.8, 4) is 10.6 Å². The van der Waals surface area contributed by atoms with Gasteiger partial charge in [-0.2, -0.15) is 0 Å². The van der Waals surface area contributed by atoms with E-state index in [2.05, 4.69) is 52.6 Å². The molecule has 5 rings (SSSR count). The molecule has 0 unspecified atom stereocenters. The first kappa shape index (κ1) is 18.7. The molecule has 1 saturated heterocycles. The van der Waals surface area contributed by atoms with Crippen LogP contribution in [0.2, 0.25) is 0 Å². The number of thiazole rings is 1. The summed E-state index contributed by atoms with van der Waals surface area (Å²) in [6.07, 6.45) is 3.92. The van der Waals surface area contributed by atoms with Crippen molar-refractivity contribution in [1.29, 1.82) is 0 Å². The molecule has 1 aliphatic heterocycles. The highest BCUT2D eigenvalue weighted by Crippen LogP contribution is 2.37. The van der Waals surface area contributed by atoms with Gasteiger partial charge in [0.1, 0.15) is 5.01 Å². The third-order valence-corrected chi connectivity index (χ3v) is 6.59. The van der Waals surface area contributed by atoms with Crippen LogP contribution in [0.5, 0.6) is 0 Å². The maximum Gasteiger partial charge on any atom is 0.227 e. The highest BCUT2D eigenvalue weighted by Gasteiger charge is 2.24. The molecule has 7 heteroatoms. The van der Waals surface area contributed by atoms with E-state index in [1.54, 1.807) is 11.3 Å². The van der Waals surface area contributed by atoms with Crippen molar-refractivity contribution in [2.45, 2.75) is 33.2 Å². The summed E-state index contributed by atoms with van der Waals surface area (Å²) >= 11 is 1.80. The number of nitrogens with zero attached hydrogens (tertiary/aromatic N) is 4. The molecule has 6 nitrogen and oxygen atoms in total. The van der Waals surface area contributed by atoms with Crippen LogP contribution < -0.4 is 10.6 Å². The minimum Gasteiger partial charge on any atom is -0.324 e. The predicted molar refractivity (Wildman–Crippen MR) is 118 cm³/mol. The van der Waals surface area contributed by atoms with Crippen molar-refractivity contribution < 1.29 is 0 Å². The van der Waals surface area contributed by atoms with Crippen LogP contribution in [0.15, 0.2) is 24.4 Å². The van der Waals surface area contributed by atoms with E-state index in [9.17, 15) is 0 Å². The van der Waals surface area contributed by atoms with Crippen LogP contribution in [0.25, 0.3) is 10.6 Å². The van der Waals surface area contributed by atoms with E-state index >= 15 is 0 Å². The minimum atomic E-state index is 0.652. The molecule has 3 aromatic rings. The smallest absolute Gasteiger partial charge is 0.227 e. The number of fused-ring (bicyclic) bond motifs is 3. The molecule has 2 N–H and O–H groups in total. The fourth-order valence-electron chi connectivity index (χ4n) is 4.16. The molecule has 29 heavy (non-hydrogen) atoms. The predicted octanol–water partition coefficient (Wildman–Crippen LogP) is 3.46. The molecule has 1 fully saturated rings. The van der Waals surface area contributed by atoms with E-state index in [-0.39, 0.29) is 0 Å². The van der Waals surface area contributed by atoms with E-state index < -0.39 is 0 Å². The largest absolute Gasteiger partial charge is 0.324 e. The second-order valence-electron chi connectivity index (χ2n) is 7.98. The second kappa shape index (κ2) is 7.82. The Morgan fingerprint density at radius 2 is 1.86 bits per heavy atom. The standard InChI is InChI=1S/C22H26N6S/c1-14-9-15(2)11-17(10-14)25-22-24-12-16-3-4-18-21(20(16)27-22)29-19(26-18)13-28-7-5-23-6-8-28/h9-12,23H,3-8,13H2,1-2H3,(H,24,25,27). The number of piperazine rings is 1. The van der Waals surface area contributed by atoms with Crippen molar-refractivity contribution in [2.24, 2.45) is 0 Å². The summed E-state index contributed by atoms with van der Waals surface area (Å²) in [5.74, 6) is 0.652. The molecule has 0 radical (unpaired) electrons. The van der Waals surface area contributed by atoms with Crippen molar-refractivity contribution >= 4 is 23.0 Å². The number of hydrogen-bond acceptors (Lipinski definition) is 7. The average molecular weight is 407 g/mol. The molecule has 1 aromatic carbocycles. The van der Waals surface area contributed by atoms with Crippen molar-refractivity contribution in [3.63, 3.8) is 0 Å². The van der Waals surface area contributed by atoms with Gasteiger partial charge in [0.2, 0.25) is 5.95 Å². The van der Waals surface area contributed by atoms with Crippen molar-refractivity contribution in [1.82, 2.24) is 25.2 Å². The topological polar surface area (TPSA) is 66.0 Å². The van der Waals surface area contributed by atoms with E-state index in [1.807, 2.05) is 6.20 Å². The van der Waals surface area contributed by atoms with E-state index in [1.165, 1.54) is 32.3 Å². The van der Waals surface area contributed by atoms with Crippen LogP contribution in [0.1, 0.15) is 27.4 Å². The normalized spacial score (nSPS) is 16.3. The summed E-state index contributed by atoms with van der Waals surface area (Å²) in [6, 6.07) is 6.42. The Labute approximate surface area is 175 Å². The van der Waals surface area contributed by atoms with Crippen LogP contribution in [0, 0.1) is 13.8 Å². The molecular formula is C22H26N6S. The number of benzene rings is 1. The van der Waals surface area contributed by atoms with Crippen LogP contribution >= 0.6 is 11.3 Å². The monoisotopic (exact) mass is 406 g/mol. The Bertz CT molecular complexity index is 1020. The number of hydrogen-bond donors (Lipinski definition) is 2. The third kappa shape index (κ3) is 4.03. The zero-order valence-corrected chi connectivity index (χ0v) is 17.8. The highest BCUT2D eigenvalue weighted by molar-refractivity contribution is 7.15. The van der Waals surface area contributed by atoms with E-state index in [0.717, 1.165) is 56.9 Å². The first-order valence-electron chi connectivity index (χ1n) is 10.3. The molecule has 0 amide bonds.